The molecule has 1 heterocycles. The number of rotatable bonds is 4. The number of carbonyl (C=O) groups excluding carboxylic acids is 2. The first kappa shape index (κ1) is 20.9. The number of urea groups is 1. The van der Waals surface area contributed by atoms with Crippen LogP contribution in [0, 0.1) is 18.3 Å². The summed E-state index contributed by atoms with van der Waals surface area (Å²) in [5.74, 6) is -0.299. The van der Waals surface area contributed by atoms with E-state index < -0.39 is 6.04 Å². The van der Waals surface area contributed by atoms with E-state index in [1.54, 1.807) is 31.2 Å². The van der Waals surface area contributed by atoms with Crippen molar-refractivity contribution in [3.8, 4) is 6.07 Å². The van der Waals surface area contributed by atoms with E-state index in [1.165, 1.54) is 4.90 Å². The lowest BCUT2D eigenvalue weighted by atomic mass is 9.93. The molecule has 2 N–H and O–H groups in total. The van der Waals surface area contributed by atoms with Gasteiger partial charge in [-0.25, -0.2) is 4.79 Å². The van der Waals surface area contributed by atoms with Gasteiger partial charge < -0.3 is 10.6 Å². The fourth-order valence-corrected chi connectivity index (χ4v) is 3.83. The molecule has 0 bridgehead atoms. The lowest BCUT2D eigenvalue weighted by Gasteiger charge is -2.35. The highest BCUT2D eigenvalue weighted by Crippen LogP contribution is 2.34. The molecule has 4 rings (SSSR count). The van der Waals surface area contributed by atoms with E-state index in [2.05, 4.69) is 16.7 Å². The second kappa shape index (κ2) is 8.78. The van der Waals surface area contributed by atoms with Crippen LogP contribution in [0.15, 0.2) is 90.1 Å². The molecule has 1 unspecified atom stereocenters. The summed E-state index contributed by atoms with van der Waals surface area (Å²) >= 11 is 0. The van der Waals surface area contributed by atoms with Crippen molar-refractivity contribution >= 4 is 23.3 Å². The summed E-state index contributed by atoms with van der Waals surface area (Å²) in [7, 11) is 0. The van der Waals surface area contributed by atoms with E-state index in [-0.39, 0.29) is 11.9 Å². The second-order valence-electron chi connectivity index (χ2n) is 7.56. The number of nitrogens with one attached hydrogen (secondary N) is 2. The van der Waals surface area contributed by atoms with Gasteiger partial charge in [-0.05, 0) is 55.3 Å². The lowest BCUT2D eigenvalue weighted by molar-refractivity contribution is -0.113. The van der Waals surface area contributed by atoms with Gasteiger partial charge in [0.25, 0.3) is 5.91 Å². The largest absolute Gasteiger partial charge is 0.326 e. The first-order valence-electron chi connectivity index (χ1n) is 10.2. The first-order valence-corrected chi connectivity index (χ1v) is 10.2. The van der Waals surface area contributed by atoms with Crippen molar-refractivity contribution in [2.24, 2.45) is 0 Å². The molecule has 3 aromatic rings. The summed E-state index contributed by atoms with van der Waals surface area (Å²) in [6.07, 6.45) is 0. The summed E-state index contributed by atoms with van der Waals surface area (Å²) < 4.78 is 0. The molecule has 3 amide bonds. The molecule has 1 aliphatic heterocycles. The molecule has 0 spiro atoms. The molecule has 1 aliphatic rings. The Kier molecular flexibility index (Phi) is 5.73. The summed E-state index contributed by atoms with van der Waals surface area (Å²) in [6, 6.07) is 24.7. The number of benzene rings is 3. The highest BCUT2D eigenvalue weighted by Gasteiger charge is 2.36. The minimum absolute atomic E-state index is 0.299. The van der Waals surface area contributed by atoms with E-state index in [0.717, 1.165) is 11.1 Å². The molecule has 0 fully saturated rings. The minimum atomic E-state index is -0.653. The zero-order valence-electron chi connectivity index (χ0n) is 17.8. The Morgan fingerprint density at radius 1 is 0.969 bits per heavy atom. The number of para-hydroxylation sites is 2. The number of aryl methyl sites for hydroxylation is 1. The highest BCUT2D eigenvalue weighted by molar-refractivity contribution is 6.10. The number of carbonyl (C=O) groups is 2. The van der Waals surface area contributed by atoms with Crippen LogP contribution >= 0.6 is 0 Å². The van der Waals surface area contributed by atoms with Crippen LogP contribution in [0.1, 0.15) is 29.7 Å². The van der Waals surface area contributed by atoms with Crippen LogP contribution in [0.4, 0.5) is 16.2 Å². The molecule has 0 aromatic heterocycles. The quantitative estimate of drug-likeness (QED) is 0.617. The molecule has 6 heteroatoms. The summed E-state index contributed by atoms with van der Waals surface area (Å²) in [5.41, 5.74) is 4.52. The number of anilines is 2. The Hall–Kier alpha value is -4.37. The van der Waals surface area contributed by atoms with Gasteiger partial charge in [0, 0.05) is 11.4 Å². The maximum absolute atomic E-state index is 13.5. The van der Waals surface area contributed by atoms with Crippen molar-refractivity contribution in [1.82, 2.24) is 5.32 Å². The molecule has 0 saturated heterocycles. The zero-order chi connectivity index (χ0) is 22.7. The second-order valence-corrected chi connectivity index (χ2v) is 7.56. The van der Waals surface area contributed by atoms with Gasteiger partial charge in [0.1, 0.15) is 0 Å². The van der Waals surface area contributed by atoms with Gasteiger partial charge in [0.2, 0.25) is 0 Å². The van der Waals surface area contributed by atoms with Crippen LogP contribution in [0.2, 0.25) is 0 Å². The number of hydrogen-bond acceptors (Lipinski definition) is 3. The third-order valence-electron chi connectivity index (χ3n) is 5.51. The number of nitriles is 1. The SMILES string of the molecule is CC1=C(C(=O)Nc2ccccc2C)C(c2ccc(C#N)cc2)NC(=O)N1c1ccccc1. The molecule has 1 atom stereocenters. The fourth-order valence-electron chi connectivity index (χ4n) is 3.83. The normalized spacial score (nSPS) is 15.7. The van der Waals surface area contributed by atoms with E-state index in [4.69, 9.17) is 5.26 Å². The van der Waals surface area contributed by atoms with Gasteiger partial charge in [-0.3, -0.25) is 9.69 Å². The zero-order valence-corrected chi connectivity index (χ0v) is 17.8. The Morgan fingerprint density at radius 2 is 1.62 bits per heavy atom. The van der Waals surface area contributed by atoms with Gasteiger partial charge in [-0.2, -0.15) is 5.26 Å². The van der Waals surface area contributed by atoms with Crippen molar-refractivity contribution in [3.05, 3.63) is 107 Å². The maximum Gasteiger partial charge on any atom is 0.326 e. The molecular weight excluding hydrogens is 400 g/mol. The standard InChI is InChI=1S/C26H22N4O2/c1-17-8-6-7-11-22(17)28-25(31)23-18(2)30(21-9-4-3-5-10-21)26(32)29-24(23)20-14-12-19(16-27)13-15-20/h3-15,24H,1-2H3,(H,28,31)(H,29,32). The number of nitrogens with zero attached hydrogens (tertiary/aromatic N) is 2. The van der Waals surface area contributed by atoms with Gasteiger partial charge in [0.05, 0.1) is 28.9 Å². The molecule has 3 aromatic carbocycles. The van der Waals surface area contributed by atoms with Crippen molar-refractivity contribution in [2.45, 2.75) is 19.9 Å². The van der Waals surface area contributed by atoms with Crippen LogP contribution < -0.4 is 15.5 Å². The van der Waals surface area contributed by atoms with Crippen molar-refractivity contribution in [1.29, 1.82) is 5.26 Å². The van der Waals surface area contributed by atoms with E-state index >= 15 is 0 Å². The van der Waals surface area contributed by atoms with Crippen molar-refractivity contribution in [2.75, 3.05) is 10.2 Å². The number of amides is 3. The summed E-state index contributed by atoms with van der Waals surface area (Å²) in [4.78, 5) is 28.1. The monoisotopic (exact) mass is 422 g/mol. The molecule has 6 nitrogen and oxygen atoms in total. The highest BCUT2D eigenvalue weighted by atomic mass is 16.2. The molecule has 32 heavy (non-hydrogen) atoms. The summed E-state index contributed by atoms with van der Waals surface area (Å²) in [5, 5.41) is 15.1. The third kappa shape index (κ3) is 3.96. The van der Waals surface area contributed by atoms with Crippen LogP contribution in [0.5, 0.6) is 0 Å². The van der Waals surface area contributed by atoms with E-state index in [9.17, 15) is 9.59 Å². The third-order valence-corrected chi connectivity index (χ3v) is 5.51. The summed E-state index contributed by atoms with van der Waals surface area (Å²) in [6.45, 7) is 3.70. The van der Waals surface area contributed by atoms with Crippen molar-refractivity contribution < 1.29 is 9.59 Å². The Balaban J connectivity index is 1.81. The smallest absolute Gasteiger partial charge is 0.326 e. The average molecular weight is 422 g/mol. The van der Waals surface area contributed by atoms with Gasteiger partial charge in [-0.15, -0.1) is 0 Å². The predicted octanol–water partition coefficient (Wildman–Crippen LogP) is 5.05. The first-order chi connectivity index (χ1) is 15.5. The van der Waals surface area contributed by atoms with Crippen LogP contribution in [-0.4, -0.2) is 11.9 Å². The van der Waals surface area contributed by atoms with E-state index in [1.807, 2.05) is 61.5 Å². The lowest BCUT2D eigenvalue weighted by Crippen LogP contribution is -2.48. The number of hydrogen-bond donors (Lipinski definition) is 2. The topological polar surface area (TPSA) is 85.2 Å². The Labute approximate surface area is 186 Å². The van der Waals surface area contributed by atoms with Gasteiger partial charge in [-0.1, -0.05) is 48.5 Å². The Bertz CT molecular complexity index is 1240. The molecule has 0 aliphatic carbocycles. The minimum Gasteiger partial charge on any atom is -0.326 e. The van der Waals surface area contributed by atoms with Crippen molar-refractivity contribution in [3.63, 3.8) is 0 Å². The predicted molar refractivity (Wildman–Crippen MR) is 124 cm³/mol. The van der Waals surface area contributed by atoms with Crippen LogP contribution in [-0.2, 0) is 4.79 Å². The molecular formula is C26H22N4O2. The molecule has 158 valence electrons. The van der Waals surface area contributed by atoms with Gasteiger partial charge >= 0.3 is 6.03 Å². The van der Waals surface area contributed by atoms with Gasteiger partial charge in [0.15, 0.2) is 0 Å². The number of allylic oxidation sites excluding steroid dienone is 1. The molecule has 0 saturated carbocycles. The van der Waals surface area contributed by atoms with Crippen LogP contribution in [0.3, 0.4) is 0 Å². The Morgan fingerprint density at radius 3 is 2.28 bits per heavy atom. The molecule has 0 radical (unpaired) electrons. The average Bonchev–Trinajstić information content (AvgIpc) is 2.81. The van der Waals surface area contributed by atoms with E-state index in [0.29, 0.717) is 28.2 Å². The fraction of sp³-hybridized carbons (Fsp3) is 0.115. The maximum atomic E-state index is 13.5. The van der Waals surface area contributed by atoms with Crippen LogP contribution in [0.25, 0.3) is 0 Å².